The molecule has 0 N–H and O–H groups in total. The van der Waals surface area contributed by atoms with E-state index in [9.17, 15) is 0 Å². The Labute approximate surface area is 131 Å². The van der Waals surface area contributed by atoms with Gasteiger partial charge in [-0.3, -0.25) is 4.90 Å². The monoisotopic (exact) mass is 300 g/mol. The molecule has 2 aromatic heterocycles. The standard InChI is InChI=1S/C16H24N6/c1-20(2)11-13-6-7-18-16(19-13)14-5-4-9-22(14)12-15-17-8-10-21(15)3/h6-8,10,14H,4-5,9,11-12H2,1-3H3/t14-/m1/s1. The Morgan fingerprint density at radius 2 is 2.14 bits per heavy atom. The summed E-state index contributed by atoms with van der Waals surface area (Å²) in [6.45, 7) is 2.79. The molecule has 1 fully saturated rings. The van der Waals surface area contributed by atoms with Gasteiger partial charge in [0.05, 0.1) is 18.3 Å². The van der Waals surface area contributed by atoms with Crippen molar-refractivity contribution in [3.8, 4) is 0 Å². The van der Waals surface area contributed by atoms with Crippen molar-refractivity contribution in [2.24, 2.45) is 7.05 Å². The molecule has 3 heterocycles. The third kappa shape index (κ3) is 3.34. The summed E-state index contributed by atoms with van der Waals surface area (Å²) in [5.41, 5.74) is 1.08. The van der Waals surface area contributed by atoms with Crippen molar-refractivity contribution in [3.05, 3.63) is 42.0 Å². The van der Waals surface area contributed by atoms with E-state index in [1.54, 1.807) is 0 Å². The molecule has 0 aliphatic carbocycles. The Kier molecular flexibility index (Phi) is 4.49. The second-order valence-corrected chi connectivity index (χ2v) is 6.23. The van der Waals surface area contributed by atoms with Gasteiger partial charge in [-0.2, -0.15) is 0 Å². The molecule has 0 bridgehead atoms. The van der Waals surface area contributed by atoms with Crippen molar-refractivity contribution in [2.75, 3.05) is 20.6 Å². The first kappa shape index (κ1) is 15.1. The Morgan fingerprint density at radius 3 is 2.86 bits per heavy atom. The van der Waals surface area contributed by atoms with Crippen LogP contribution in [0.3, 0.4) is 0 Å². The van der Waals surface area contributed by atoms with E-state index >= 15 is 0 Å². The number of hydrogen-bond acceptors (Lipinski definition) is 5. The maximum absolute atomic E-state index is 4.78. The molecule has 3 rings (SSSR count). The van der Waals surface area contributed by atoms with Crippen LogP contribution in [-0.2, 0) is 20.1 Å². The molecule has 118 valence electrons. The average molecular weight is 300 g/mol. The summed E-state index contributed by atoms with van der Waals surface area (Å²) in [5, 5.41) is 0. The summed E-state index contributed by atoms with van der Waals surface area (Å²) in [5.74, 6) is 2.04. The second-order valence-electron chi connectivity index (χ2n) is 6.23. The van der Waals surface area contributed by atoms with Gasteiger partial charge in [-0.25, -0.2) is 15.0 Å². The summed E-state index contributed by atoms with van der Waals surface area (Å²) in [6, 6.07) is 2.31. The third-order valence-corrected chi connectivity index (χ3v) is 4.14. The quantitative estimate of drug-likeness (QED) is 0.839. The van der Waals surface area contributed by atoms with Crippen LogP contribution in [0.5, 0.6) is 0 Å². The number of nitrogens with zero attached hydrogens (tertiary/aromatic N) is 6. The van der Waals surface area contributed by atoms with Gasteiger partial charge in [-0.05, 0) is 39.5 Å². The van der Waals surface area contributed by atoms with Crippen LogP contribution in [0.2, 0.25) is 0 Å². The zero-order valence-electron chi connectivity index (χ0n) is 13.6. The van der Waals surface area contributed by atoms with Gasteiger partial charge in [0.2, 0.25) is 0 Å². The van der Waals surface area contributed by atoms with Crippen LogP contribution in [0.15, 0.2) is 24.7 Å². The molecule has 1 atom stereocenters. The van der Waals surface area contributed by atoms with Crippen molar-refractivity contribution in [3.63, 3.8) is 0 Å². The number of likely N-dealkylation sites (tertiary alicyclic amines) is 1. The SMILES string of the molecule is CN(C)Cc1ccnc([C@H]2CCCN2Cc2nccn2C)n1. The normalized spacial score (nSPS) is 19.2. The van der Waals surface area contributed by atoms with Gasteiger partial charge >= 0.3 is 0 Å². The van der Waals surface area contributed by atoms with Gasteiger partial charge in [0.15, 0.2) is 0 Å². The molecule has 6 heteroatoms. The molecule has 2 aromatic rings. The minimum absolute atomic E-state index is 0.304. The van der Waals surface area contributed by atoms with E-state index < -0.39 is 0 Å². The van der Waals surface area contributed by atoms with E-state index in [4.69, 9.17) is 4.98 Å². The van der Waals surface area contributed by atoms with Crippen LogP contribution in [0.1, 0.15) is 36.2 Å². The Morgan fingerprint density at radius 1 is 1.27 bits per heavy atom. The number of imidazole rings is 1. The van der Waals surface area contributed by atoms with Crippen molar-refractivity contribution in [1.29, 1.82) is 0 Å². The molecule has 0 spiro atoms. The molecule has 0 amide bonds. The fourth-order valence-corrected chi connectivity index (χ4v) is 3.02. The van der Waals surface area contributed by atoms with Gasteiger partial charge < -0.3 is 9.47 Å². The van der Waals surface area contributed by atoms with Crippen LogP contribution in [0.4, 0.5) is 0 Å². The molecular formula is C16H24N6. The topological polar surface area (TPSA) is 50.1 Å². The summed E-state index contributed by atoms with van der Waals surface area (Å²) in [7, 11) is 6.16. The molecule has 6 nitrogen and oxygen atoms in total. The maximum atomic E-state index is 4.78. The first-order valence-electron chi connectivity index (χ1n) is 7.80. The third-order valence-electron chi connectivity index (χ3n) is 4.14. The van der Waals surface area contributed by atoms with E-state index in [1.807, 2.05) is 31.7 Å². The van der Waals surface area contributed by atoms with Gasteiger partial charge in [-0.1, -0.05) is 0 Å². The fourth-order valence-electron chi connectivity index (χ4n) is 3.02. The zero-order valence-corrected chi connectivity index (χ0v) is 13.6. The van der Waals surface area contributed by atoms with E-state index in [0.29, 0.717) is 6.04 Å². The van der Waals surface area contributed by atoms with Crippen LogP contribution in [-0.4, -0.2) is 50.0 Å². The highest BCUT2D eigenvalue weighted by Crippen LogP contribution is 2.30. The minimum atomic E-state index is 0.304. The molecule has 0 saturated carbocycles. The Balaban J connectivity index is 1.76. The Hall–Kier alpha value is -1.79. The van der Waals surface area contributed by atoms with E-state index in [-0.39, 0.29) is 0 Å². The number of aromatic nitrogens is 4. The smallest absolute Gasteiger partial charge is 0.145 e. The van der Waals surface area contributed by atoms with Crippen molar-refractivity contribution < 1.29 is 0 Å². The summed E-state index contributed by atoms with van der Waals surface area (Å²) < 4.78 is 2.08. The van der Waals surface area contributed by atoms with Gasteiger partial charge in [0.25, 0.3) is 0 Å². The lowest BCUT2D eigenvalue weighted by atomic mass is 10.2. The van der Waals surface area contributed by atoms with Crippen LogP contribution >= 0.6 is 0 Å². The molecule has 22 heavy (non-hydrogen) atoms. The lowest BCUT2D eigenvalue weighted by Gasteiger charge is -2.23. The molecule has 0 unspecified atom stereocenters. The van der Waals surface area contributed by atoms with Gasteiger partial charge in [0, 0.05) is 32.2 Å². The van der Waals surface area contributed by atoms with Crippen molar-refractivity contribution >= 4 is 0 Å². The summed E-state index contributed by atoms with van der Waals surface area (Å²) in [6.07, 6.45) is 8.05. The predicted molar refractivity (Wildman–Crippen MR) is 85.0 cm³/mol. The van der Waals surface area contributed by atoms with Crippen LogP contribution < -0.4 is 0 Å². The highest BCUT2D eigenvalue weighted by molar-refractivity contribution is 5.07. The largest absolute Gasteiger partial charge is 0.337 e. The summed E-state index contributed by atoms with van der Waals surface area (Å²) in [4.78, 5) is 18.3. The van der Waals surface area contributed by atoms with Crippen LogP contribution in [0, 0.1) is 0 Å². The maximum Gasteiger partial charge on any atom is 0.145 e. The van der Waals surface area contributed by atoms with Crippen molar-refractivity contribution in [2.45, 2.75) is 32.0 Å². The van der Waals surface area contributed by atoms with Gasteiger partial charge in [0.1, 0.15) is 11.6 Å². The molecular weight excluding hydrogens is 276 g/mol. The van der Waals surface area contributed by atoms with Crippen LogP contribution in [0.25, 0.3) is 0 Å². The average Bonchev–Trinajstić information content (AvgIpc) is 3.09. The second kappa shape index (κ2) is 6.54. The fraction of sp³-hybridized carbons (Fsp3) is 0.562. The minimum Gasteiger partial charge on any atom is -0.337 e. The van der Waals surface area contributed by atoms with E-state index in [2.05, 4.69) is 38.4 Å². The number of aryl methyl sites for hydroxylation is 1. The molecule has 1 aliphatic rings. The van der Waals surface area contributed by atoms with Crippen molar-refractivity contribution in [1.82, 2.24) is 29.3 Å². The molecule has 0 aromatic carbocycles. The highest BCUT2D eigenvalue weighted by Gasteiger charge is 2.29. The number of hydrogen-bond donors (Lipinski definition) is 0. The van der Waals surface area contributed by atoms with Gasteiger partial charge in [-0.15, -0.1) is 0 Å². The lowest BCUT2D eigenvalue weighted by Crippen LogP contribution is -2.26. The molecule has 1 aliphatic heterocycles. The molecule has 0 radical (unpaired) electrons. The number of rotatable bonds is 5. The highest BCUT2D eigenvalue weighted by atomic mass is 15.2. The summed E-state index contributed by atoms with van der Waals surface area (Å²) >= 11 is 0. The lowest BCUT2D eigenvalue weighted by molar-refractivity contribution is 0.231. The van der Waals surface area contributed by atoms with E-state index in [1.165, 1.54) is 6.42 Å². The first-order valence-corrected chi connectivity index (χ1v) is 7.80. The first-order chi connectivity index (χ1) is 10.6. The van der Waals surface area contributed by atoms with E-state index in [0.717, 1.165) is 43.4 Å². The molecule has 1 saturated heterocycles. The zero-order chi connectivity index (χ0) is 15.5. The Bertz CT molecular complexity index is 621. The predicted octanol–water partition coefficient (Wildman–Crippen LogP) is 1.61.